The maximum absolute atomic E-state index is 12.1. The van der Waals surface area contributed by atoms with Crippen molar-refractivity contribution >= 4 is 22.0 Å². The number of benzene rings is 1. The van der Waals surface area contributed by atoms with Crippen LogP contribution in [0.1, 0.15) is 18.4 Å². The van der Waals surface area contributed by atoms with E-state index in [1.165, 1.54) is 17.0 Å². The molecule has 1 aliphatic heterocycles. The molecule has 7 nitrogen and oxygen atoms in total. The van der Waals surface area contributed by atoms with Gasteiger partial charge in [0.05, 0.1) is 4.90 Å². The van der Waals surface area contributed by atoms with Gasteiger partial charge in [0.2, 0.25) is 5.91 Å². The van der Waals surface area contributed by atoms with Gasteiger partial charge in [-0.05, 0) is 31.9 Å². The summed E-state index contributed by atoms with van der Waals surface area (Å²) in [6.07, 6.45) is 0.903. The third kappa shape index (κ3) is 3.76. The number of hydrogen-bond acceptors (Lipinski definition) is 4. The lowest BCUT2D eigenvalue weighted by Crippen LogP contribution is -2.47. The van der Waals surface area contributed by atoms with Gasteiger partial charge in [0.15, 0.2) is 0 Å². The Morgan fingerprint density at radius 1 is 1.18 bits per heavy atom. The minimum absolute atomic E-state index is 0.0403. The number of rotatable bonds is 3. The van der Waals surface area contributed by atoms with Crippen LogP contribution in [0.4, 0.5) is 4.79 Å². The maximum atomic E-state index is 12.1. The first-order valence-corrected chi connectivity index (χ1v) is 8.45. The quantitative estimate of drug-likeness (QED) is 0.847. The van der Waals surface area contributed by atoms with Crippen LogP contribution in [0, 0.1) is 12.8 Å². The highest BCUT2D eigenvalue weighted by atomic mass is 32.2. The minimum Gasteiger partial charge on any atom is -0.369 e. The van der Waals surface area contributed by atoms with Crippen molar-refractivity contribution in [2.45, 2.75) is 24.7 Å². The summed E-state index contributed by atoms with van der Waals surface area (Å²) in [5.41, 5.74) is 6.15. The zero-order valence-electron chi connectivity index (χ0n) is 12.3. The summed E-state index contributed by atoms with van der Waals surface area (Å²) in [5.74, 6) is -0.634. The largest absolute Gasteiger partial charge is 0.369 e. The number of nitrogens with two attached hydrogens (primary N) is 1. The van der Waals surface area contributed by atoms with Crippen LogP contribution in [-0.4, -0.2) is 38.3 Å². The van der Waals surface area contributed by atoms with Gasteiger partial charge in [-0.15, -0.1) is 0 Å². The minimum atomic E-state index is -3.89. The van der Waals surface area contributed by atoms with Crippen LogP contribution in [0.15, 0.2) is 29.2 Å². The highest BCUT2D eigenvalue weighted by Gasteiger charge is 2.28. The van der Waals surface area contributed by atoms with Crippen LogP contribution in [0.3, 0.4) is 0 Å². The van der Waals surface area contributed by atoms with Gasteiger partial charge in [0.1, 0.15) is 0 Å². The molecule has 0 unspecified atom stereocenters. The molecule has 0 radical (unpaired) electrons. The highest BCUT2D eigenvalue weighted by Crippen LogP contribution is 2.17. The number of carbonyl (C=O) groups is 2. The molecule has 8 heteroatoms. The molecular formula is C14H19N3O4S. The number of nitrogens with zero attached hydrogens (tertiary/aromatic N) is 1. The van der Waals surface area contributed by atoms with Crippen LogP contribution in [0.2, 0.25) is 0 Å². The molecule has 2 rings (SSSR count). The van der Waals surface area contributed by atoms with Gasteiger partial charge in [-0.3, -0.25) is 4.79 Å². The number of hydrogen-bond donors (Lipinski definition) is 2. The number of likely N-dealkylation sites (tertiary alicyclic amines) is 1. The van der Waals surface area contributed by atoms with Gasteiger partial charge in [-0.1, -0.05) is 17.7 Å². The smallest absolute Gasteiger partial charge is 0.331 e. The SMILES string of the molecule is Cc1ccc(S(=O)(=O)NC(=O)N2CCC(C(N)=O)CC2)cc1. The monoisotopic (exact) mass is 325 g/mol. The summed E-state index contributed by atoms with van der Waals surface area (Å²) in [4.78, 5) is 24.5. The molecule has 0 bridgehead atoms. The molecule has 1 aromatic carbocycles. The molecule has 0 atom stereocenters. The molecule has 1 aromatic rings. The van der Waals surface area contributed by atoms with Crippen molar-refractivity contribution in [3.05, 3.63) is 29.8 Å². The van der Waals surface area contributed by atoms with E-state index in [-0.39, 0.29) is 16.7 Å². The van der Waals surface area contributed by atoms with Crippen molar-refractivity contribution in [2.24, 2.45) is 11.7 Å². The molecule has 22 heavy (non-hydrogen) atoms. The van der Waals surface area contributed by atoms with Crippen molar-refractivity contribution in [2.75, 3.05) is 13.1 Å². The molecule has 3 amide bonds. The third-order valence-electron chi connectivity index (χ3n) is 3.74. The molecular weight excluding hydrogens is 306 g/mol. The van der Waals surface area contributed by atoms with Crippen molar-refractivity contribution in [3.8, 4) is 0 Å². The molecule has 3 N–H and O–H groups in total. The molecule has 1 aliphatic rings. The van der Waals surface area contributed by atoms with Gasteiger partial charge in [-0.2, -0.15) is 0 Å². The first-order valence-electron chi connectivity index (χ1n) is 6.97. The van der Waals surface area contributed by atoms with E-state index in [0.717, 1.165) is 5.56 Å². The number of piperidine rings is 1. The molecule has 1 heterocycles. The second kappa shape index (κ2) is 6.35. The third-order valence-corrected chi connectivity index (χ3v) is 5.07. The zero-order valence-corrected chi connectivity index (χ0v) is 13.1. The number of urea groups is 1. The van der Waals surface area contributed by atoms with Gasteiger partial charge in [-0.25, -0.2) is 17.9 Å². The zero-order chi connectivity index (χ0) is 16.3. The fraction of sp³-hybridized carbons (Fsp3) is 0.429. The first kappa shape index (κ1) is 16.3. The second-order valence-corrected chi connectivity index (χ2v) is 7.07. The van der Waals surface area contributed by atoms with Gasteiger partial charge in [0.25, 0.3) is 10.0 Å². The molecule has 0 aromatic heterocycles. The predicted molar refractivity (Wildman–Crippen MR) is 80.4 cm³/mol. The summed E-state index contributed by atoms with van der Waals surface area (Å²) >= 11 is 0. The average molecular weight is 325 g/mol. The number of nitrogens with one attached hydrogen (secondary N) is 1. The van der Waals surface area contributed by atoms with Gasteiger partial charge >= 0.3 is 6.03 Å². The summed E-state index contributed by atoms with van der Waals surface area (Å²) in [6.45, 7) is 2.46. The fourth-order valence-electron chi connectivity index (χ4n) is 2.32. The van der Waals surface area contributed by atoms with Gasteiger partial charge < -0.3 is 10.6 Å². The summed E-state index contributed by atoms with van der Waals surface area (Å²) < 4.78 is 26.3. The van der Waals surface area contributed by atoms with Crippen LogP contribution in [-0.2, 0) is 14.8 Å². The average Bonchev–Trinajstić information content (AvgIpc) is 2.47. The number of primary amides is 1. The van der Waals surface area contributed by atoms with E-state index < -0.39 is 16.1 Å². The number of aryl methyl sites for hydroxylation is 1. The Balaban J connectivity index is 2.00. The van der Waals surface area contributed by atoms with Crippen molar-refractivity contribution < 1.29 is 18.0 Å². The molecule has 1 fully saturated rings. The van der Waals surface area contributed by atoms with E-state index >= 15 is 0 Å². The number of amides is 3. The molecule has 0 aliphatic carbocycles. The van der Waals surface area contributed by atoms with Crippen LogP contribution in [0.5, 0.6) is 0 Å². The molecule has 0 spiro atoms. The molecule has 120 valence electrons. The Hall–Kier alpha value is -2.09. The Morgan fingerprint density at radius 3 is 2.23 bits per heavy atom. The van der Waals surface area contributed by atoms with Crippen LogP contribution >= 0.6 is 0 Å². The Kier molecular flexibility index (Phi) is 4.70. The normalized spacial score (nSPS) is 16.3. The van der Waals surface area contributed by atoms with Gasteiger partial charge in [0, 0.05) is 19.0 Å². The summed E-state index contributed by atoms with van der Waals surface area (Å²) in [5, 5.41) is 0. The highest BCUT2D eigenvalue weighted by molar-refractivity contribution is 7.90. The van der Waals surface area contributed by atoms with Crippen LogP contribution in [0.25, 0.3) is 0 Å². The lowest BCUT2D eigenvalue weighted by atomic mass is 9.97. The van der Waals surface area contributed by atoms with Crippen LogP contribution < -0.4 is 10.5 Å². The van der Waals surface area contributed by atoms with E-state index in [9.17, 15) is 18.0 Å². The number of carbonyl (C=O) groups excluding carboxylic acids is 2. The fourth-order valence-corrected chi connectivity index (χ4v) is 3.29. The van der Waals surface area contributed by atoms with Crippen molar-refractivity contribution in [3.63, 3.8) is 0 Å². The molecule has 0 saturated carbocycles. The van der Waals surface area contributed by atoms with Crippen molar-refractivity contribution in [1.29, 1.82) is 0 Å². The molecule has 1 saturated heterocycles. The summed E-state index contributed by atoms with van der Waals surface area (Å²) in [6, 6.07) is 5.55. The predicted octanol–water partition coefficient (Wildman–Crippen LogP) is 0.591. The first-order chi connectivity index (χ1) is 10.3. The van der Waals surface area contributed by atoms with E-state index in [2.05, 4.69) is 0 Å². The Morgan fingerprint density at radius 2 is 1.73 bits per heavy atom. The summed E-state index contributed by atoms with van der Waals surface area (Å²) in [7, 11) is -3.89. The van der Waals surface area contributed by atoms with E-state index in [4.69, 9.17) is 5.73 Å². The van der Waals surface area contributed by atoms with E-state index in [1.54, 1.807) is 12.1 Å². The Bertz CT molecular complexity index is 662. The number of sulfonamides is 1. The Labute approximate surface area is 129 Å². The topological polar surface area (TPSA) is 110 Å². The maximum Gasteiger partial charge on any atom is 0.331 e. The van der Waals surface area contributed by atoms with E-state index in [0.29, 0.717) is 25.9 Å². The second-order valence-electron chi connectivity index (χ2n) is 5.39. The van der Waals surface area contributed by atoms with Crippen molar-refractivity contribution in [1.82, 2.24) is 9.62 Å². The lowest BCUT2D eigenvalue weighted by Gasteiger charge is -2.30. The lowest BCUT2D eigenvalue weighted by molar-refractivity contribution is -0.122. The van der Waals surface area contributed by atoms with E-state index in [1.807, 2.05) is 11.6 Å². The standard InChI is InChI=1S/C14H19N3O4S/c1-10-2-4-12(5-3-10)22(20,21)16-14(19)17-8-6-11(7-9-17)13(15)18/h2-5,11H,6-9H2,1H3,(H2,15,18)(H,16,19).